The fourth-order valence-electron chi connectivity index (χ4n) is 2.50. The maximum absolute atomic E-state index is 11.7. The minimum absolute atomic E-state index is 0.0836. The Morgan fingerprint density at radius 1 is 1.07 bits per heavy atom. The van der Waals surface area contributed by atoms with Gasteiger partial charge in [0.05, 0.1) is 6.04 Å². The van der Waals surface area contributed by atoms with Gasteiger partial charge in [0.2, 0.25) is 12.3 Å². The molecule has 2 unspecified atom stereocenters. The molecule has 0 aromatic rings. The Kier molecular flexibility index (Phi) is 25.5. The van der Waals surface area contributed by atoms with E-state index in [9.17, 15) is 9.59 Å². The summed E-state index contributed by atoms with van der Waals surface area (Å²) >= 11 is 3.53. The molecule has 0 aromatic heterocycles. The highest BCUT2D eigenvalue weighted by molar-refractivity contribution is 7.79. The minimum Gasteiger partial charge on any atom is -0.405 e. The second-order valence-corrected chi connectivity index (χ2v) is 7.32. The fourth-order valence-corrected chi connectivity index (χ4v) is 2.50. The maximum Gasteiger partial charge on any atom is 0.242 e. The third-order valence-corrected chi connectivity index (χ3v) is 4.16. The number of likely N-dealkylation sites (N-methyl/N-ethyl adjacent to an activating group) is 1. The van der Waals surface area contributed by atoms with E-state index < -0.39 is 0 Å². The number of hydrogen-bond acceptors (Lipinski definition) is 5. The van der Waals surface area contributed by atoms with Crippen LogP contribution in [-0.2, 0) is 9.59 Å². The van der Waals surface area contributed by atoms with Gasteiger partial charge in [-0.05, 0) is 43.2 Å². The second kappa shape index (κ2) is 23.4. The zero-order valence-corrected chi connectivity index (χ0v) is 21.0. The molecule has 2 amide bonds. The fraction of sp³-hybridized carbons (Fsp3) is 0.652. The number of carbonyl (C=O) groups excluding carboxylic acids is 2. The summed E-state index contributed by atoms with van der Waals surface area (Å²) in [6, 6.07) is -0.536. The Labute approximate surface area is 190 Å². The lowest BCUT2D eigenvalue weighted by molar-refractivity contribution is -0.123. The third-order valence-electron chi connectivity index (χ3n) is 4.16. The summed E-state index contributed by atoms with van der Waals surface area (Å²) in [6.07, 6.45) is 15.0. The van der Waals surface area contributed by atoms with Crippen LogP contribution >= 0.6 is 12.6 Å². The van der Waals surface area contributed by atoms with Crippen LogP contribution in [0.3, 0.4) is 0 Å². The largest absolute Gasteiger partial charge is 0.405 e. The summed E-state index contributed by atoms with van der Waals surface area (Å²) < 4.78 is 0. The van der Waals surface area contributed by atoms with Gasteiger partial charge in [0.25, 0.3) is 0 Å². The molecule has 7 heteroatoms. The van der Waals surface area contributed by atoms with Gasteiger partial charge in [0.15, 0.2) is 0 Å². The highest BCUT2D eigenvalue weighted by Gasteiger charge is 2.24. The molecule has 0 aromatic carbocycles. The lowest BCUT2D eigenvalue weighted by Crippen LogP contribution is -2.50. The predicted octanol–water partition coefficient (Wildman–Crippen LogP) is 3.77. The number of unbranched alkanes of at least 4 members (excludes halogenated alkanes) is 3. The summed E-state index contributed by atoms with van der Waals surface area (Å²) in [4.78, 5) is 22.3. The van der Waals surface area contributed by atoms with Gasteiger partial charge >= 0.3 is 0 Å². The van der Waals surface area contributed by atoms with E-state index >= 15 is 0 Å². The molecule has 0 rings (SSSR count). The summed E-state index contributed by atoms with van der Waals surface area (Å²) in [5.41, 5.74) is 5.79. The SMILES string of the molecule is C=C(NC(C(=O)NC)C(C)C)C(NC=O)C(C)C.CCCCC/C=C\C=C/N.CS. The first-order valence-corrected chi connectivity index (χ1v) is 11.5. The second-order valence-electron chi connectivity index (χ2n) is 7.32. The molecule has 6 nitrogen and oxygen atoms in total. The van der Waals surface area contributed by atoms with E-state index in [1.54, 1.807) is 19.5 Å². The first-order valence-electron chi connectivity index (χ1n) is 10.6. The summed E-state index contributed by atoms with van der Waals surface area (Å²) in [6.45, 7) is 14.0. The number of hydrogen-bond donors (Lipinski definition) is 5. The topological polar surface area (TPSA) is 96.2 Å². The molecule has 2 atom stereocenters. The minimum atomic E-state index is -0.350. The van der Waals surface area contributed by atoms with Crippen LogP contribution in [0.1, 0.15) is 60.3 Å². The normalized spacial score (nSPS) is 12.5. The number of thiol groups is 1. The highest BCUT2D eigenvalue weighted by atomic mass is 32.1. The number of nitrogens with two attached hydrogens (primary N) is 1. The Hall–Kier alpha value is -1.89. The van der Waals surface area contributed by atoms with Crippen molar-refractivity contribution in [1.82, 2.24) is 16.0 Å². The standard InChI is InChI=1S/C13H25N3O2.C9H17N.CH4S/c1-8(2)11(15-7-17)10(5)16-12(9(3)4)13(18)14-6;1-2-3-4-5-6-7-8-9-10;1-2/h7-9,11-12,16H,5H2,1-4,6H3,(H,14,18)(H,15,17);6-9H,2-5,10H2,1H3;2H,1H3/b;7-6-,9-8-;. The molecule has 0 aliphatic rings. The van der Waals surface area contributed by atoms with E-state index in [4.69, 9.17) is 5.73 Å². The summed E-state index contributed by atoms with van der Waals surface area (Å²) in [7, 11) is 1.60. The number of nitrogens with one attached hydrogen (secondary N) is 3. The van der Waals surface area contributed by atoms with E-state index in [0.29, 0.717) is 12.1 Å². The maximum atomic E-state index is 11.7. The predicted molar refractivity (Wildman–Crippen MR) is 134 cm³/mol. The van der Waals surface area contributed by atoms with Gasteiger partial charge in [0, 0.05) is 12.7 Å². The first kappa shape index (κ1) is 32.8. The molecule has 0 saturated heterocycles. The zero-order valence-electron chi connectivity index (χ0n) is 20.1. The van der Waals surface area contributed by atoms with Gasteiger partial charge in [0.1, 0.15) is 6.04 Å². The molecule has 0 bridgehead atoms. The van der Waals surface area contributed by atoms with Crippen molar-refractivity contribution in [2.24, 2.45) is 17.6 Å². The van der Waals surface area contributed by atoms with Gasteiger partial charge in [-0.25, -0.2) is 0 Å². The lowest BCUT2D eigenvalue weighted by Gasteiger charge is -2.29. The smallest absolute Gasteiger partial charge is 0.242 e. The van der Waals surface area contributed by atoms with Gasteiger partial charge in [-0.1, -0.05) is 66.2 Å². The van der Waals surface area contributed by atoms with Crippen molar-refractivity contribution < 1.29 is 9.59 Å². The van der Waals surface area contributed by atoms with Crippen molar-refractivity contribution in [2.75, 3.05) is 13.3 Å². The third kappa shape index (κ3) is 18.2. The molecule has 176 valence electrons. The van der Waals surface area contributed by atoms with Crippen LogP contribution in [0.15, 0.2) is 36.7 Å². The van der Waals surface area contributed by atoms with Gasteiger partial charge < -0.3 is 21.7 Å². The quantitative estimate of drug-likeness (QED) is 0.130. The molecular formula is C23H46N4O2S. The van der Waals surface area contributed by atoms with Crippen molar-refractivity contribution >= 4 is 24.9 Å². The molecule has 30 heavy (non-hydrogen) atoms. The Morgan fingerprint density at radius 2 is 1.63 bits per heavy atom. The molecule has 0 aliphatic carbocycles. The molecule has 0 saturated carbocycles. The number of carbonyl (C=O) groups is 2. The monoisotopic (exact) mass is 442 g/mol. The first-order chi connectivity index (χ1) is 14.3. The molecule has 5 N–H and O–H groups in total. The van der Waals surface area contributed by atoms with Crippen LogP contribution in [0.25, 0.3) is 0 Å². The van der Waals surface area contributed by atoms with E-state index in [0.717, 1.165) is 0 Å². The molecule has 0 aliphatic heterocycles. The van der Waals surface area contributed by atoms with Crippen LogP contribution in [0, 0.1) is 11.8 Å². The van der Waals surface area contributed by atoms with E-state index in [2.05, 4.69) is 48.2 Å². The molecular weight excluding hydrogens is 396 g/mol. The Bertz CT molecular complexity index is 492. The number of allylic oxidation sites excluding steroid dienone is 3. The van der Waals surface area contributed by atoms with Crippen molar-refractivity contribution in [2.45, 2.75) is 72.4 Å². The average Bonchev–Trinajstić information content (AvgIpc) is 2.73. The van der Waals surface area contributed by atoms with Crippen LogP contribution < -0.4 is 21.7 Å². The van der Waals surface area contributed by atoms with E-state index in [1.807, 2.05) is 39.8 Å². The molecule has 0 radical (unpaired) electrons. The van der Waals surface area contributed by atoms with Gasteiger partial charge in [-0.15, -0.1) is 0 Å². The van der Waals surface area contributed by atoms with Gasteiger partial charge in [-0.3, -0.25) is 9.59 Å². The number of amides is 2. The number of rotatable bonds is 13. The van der Waals surface area contributed by atoms with E-state index in [1.165, 1.54) is 25.7 Å². The summed E-state index contributed by atoms with van der Waals surface area (Å²) in [5, 5.41) is 8.43. The lowest BCUT2D eigenvalue weighted by atomic mass is 9.98. The van der Waals surface area contributed by atoms with Crippen LogP contribution in [0.5, 0.6) is 0 Å². The average molecular weight is 443 g/mol. The Morgan fingerprint density at radius 3 is 2.03 bits per heavy atom. The van der Waals surface area contributed by atoms with Crippen molar-refractivity contribution in [3.63, 3.8) is 0 Å². The van der Waals surface area contributed by atoms with Crippen molar-refractivity contribution in [3.8, 4) is 0 Å². The Balaban J connectivity index is -0.000000514. The van der Waals surface area contributed by atoms with Crippen LogP contribution in [0.4, 0.5) is 0 Å². The summed E-state index contributed by atoms with van der Waals surface area (Å²) in [5.74, 6) is 0.248. The zero-order chi connectivity index (χ0) is 23.9. The molecule has 0 heterocycles. The van der Waals surface area contributed by atoms with E-state index in [-0.39, 0.29) is 29.8 Å². The molecule has 0 spiro atoms. The van der Waals surface area contributed by atoms with Gasteiger partial charge in [-0.2, -0.15) is 12.6 Å². The van der Waals surface area contributed by atoms with Crippen LogP contribution in [-0.4, -0.2) is 37.7 Å². The highest BCUT2D eigenvalue weighted by Crippen LogP contribution is 2.11. The van der Waals surface area contributed by atoms with Crippen molar-refractivity contribution in [3.05, 3.63) is 36.7 Å². The van der Waals surface area contributed by atoms with Crippen molar-refractivity contribution in [1.29, 1.82) is 0 Å². The van der Waals surface area contributed by atoms with Crippen LogP contribution in [0.2, 0.25) is 0 Å². The molecule has 0 fully saturated rings.